The van der Waals surface area contributed by atoms with Gasteiger partial charge in [0.15, 0.2) is 0 Å². The third kappa shape index (κ3) is 3.60. The number of hydrogen-bond acceptors (Lipinski definition) is 4. The number of nitriles is 1. The predicted octanol–water partition coefficient (Wildman–Crippen LogP) is 2.31. The third-order valence-corrected chi connectivity index (χ3v) is 3.50. The lowest BCUT2D eigenvalue weighted by molar-refractivity contribution is -0.0464. The minimum absolute atomic E-state index is 0.0409. The van der Waals surface area contributed by atoms with Crippen molar-refractivity contribution in [3.05, 3.63) is 28.8 Å². The van der Waals surface area contributed by atoms with Crippen LogP contribution >= 0.6 is 11.6 Å². The van der Waals surface area contributed by atoms with Crippen LogP contribution in [0.3, 0.4) is 0 Å². The summed E-state index contributed by atoms with van der Waals surface area (Å²) < 4.78 is 11.3. The molecule has 0 aliphatic carbocycles. The molecule has 0 bridgehead atoms. The first-order valence-electron chi connectivity index (χ1n) is 6.40. The van der Waals surface area contributed by atoms with Crippen LogP contribution < -0.4 is 4.74 Å². The number of hydrogen-bond donors (Lipinski definition) is 0. The summed E-state index contributed by atoms with van der Waals surface area (Å²) in [7, 11) is 0. The number of rotatable bonds is 4. The zero-order chi connectivity index (χ0) is 13.7. The molecule has 19 heavy (non-hydrogen) atoms. The molecule has 102 valence electrons. The fourth-order valence-corrected chi connectivity index (χ4v) is 2.29. The van der Waals surface area contributed by atoms with Crippen LogP contribution in [0.15, 0.2) is 18.2 Å². The average Bonchev–Trinajstić information content (AvgIpc) is 2.45. The Bertz CT molecular complexity index is 473. The Morgan fingerprint density at radius 1 is 1.58 bits per heavy atom. The van der Waals surface area contributed by atoms with E-state index in [-0.39, 0.29) is 6.10 Å². The van der Waals surface area contributed by atoms with Gasteiger partial charge in [-0.3, -0.25) is 4.90 Å². The van der Waals surface area contributed by atoms with Crippen molar-refractivity contribution in [1.29, 1.82) is 5.26 Å². The van der Waals surface area contributed by atoms with Crippen molar-refractivity contribution in [3.63, 3.8) is 0 Å². The highest BCUT2D eigenvalue weighted by molar-refractivity contribution is 6.31. The van der Waals surface area contributed by atoms with Crippen LogP contribution in [-0.4, -0.2) is 43.9 Å². The van der Waals surface area contributed by atoms with Crippen molar-refractivity contribution >= 4 is 11.6 Å². The smallest absolute Gasteiger partial charge is 0.138 e. The number of halogens is 1. The number of nitrogens with zero attached hydrogens (tertiary/aromatic N) is 2. The summed E-state index contributed by atoms with van der Waals surface area (Å²) in [4.78, 5) is 2.32. The van der Waals surface area contributed by atoms with E-state index >= 15 is 0 Å². The lowest BCUT2D eigenvalue weighted by atomic mass is 10.2. The van der Waals surface area contributed by atoms with Crippen LogP contribution in [0.1, 0.15) is 12.5 Å². The van der Waals surface area contributed by atoms with Crippen LogP contribution in [0, 0.1) is 11.3 Å². The van der Waals surface area contributed by atoms with Gasteiger partial charge in [-0.1, -0.05) is 24.6 Å². The Morgan fingerprint density at radius 2 is 2.42 bits per heavy atom. The molecule has 2 rings (SSSR count). The molecule has 1 aromatic carbocycles. The molecule has 1 aliphatic heterocycles. The van der Waals surface area contributed by atoms with Crippen molar-refractivity contribution in [3.8, 4) is 11.8 Å². The minimum Gasteiger partial charge on any atom is -0.489 e. The molecule has 5 heteroatoms. The molecular formula is C14H17ClN2O2. The Balaban J connectivity index is 1.96. The van der Waals surface area contributed by atoms with Gasteiger partial charge in [0.1, 0.15) is 30.1 Å². The quantitative estimate of drug-likeness (QED) is 0.849. The minimum atomic E-state index is 0.0409. The molecule has 0 N–H and O–H groups in total. The molecule has 0 radical (unpaired) electrons. The van der Waals surface area contributed by atoms with Crippen molar-refractivity contribution in [2.75, 3.05) is 32.8 Å². The maximum absolute atomic E-state index is 9.06. The second-order valence-corrected chi connectivity index (χ2v) is 4.83. The summed E-state index contributed by atoms with van der Waals surface area (Å²) in [6, 6.07) is 7.28. The normalized spacial score (nSPS) is 19.9. The molecule has 1 aromatic rings. The molecule has 0 saturated carbocycles. The van der Waals surface area contributed by atoms with Gasteiger partial charge >= 0.3 is 0 Å². The lowest BCUT2D eigenvalue weighted by Crippen LogP contribution is -2.44. The average molecular weight is 281 g/mol. The van der Waals surface area contributed by atoms with E-state index in [0.29, 0.717) is 22.9 Å². The molecule has 1 fully saturated rings. The first-order chi connectivity index (χ1) is 9.24. The maximum Gasteiger partial charge on any atom is 0.138 e. The number of ether oxygens (including phenoxy) is 2. The Kier molecular flexibility index (Phi) is 5.03. The molecule has 1 unspecified atom stereocenters. The zero-order valence-electron chi connectivity index (χ0n) is 10.9. The number of likely N-dealkylation sites (N-methyl/N-ethyl adjacent to an activating group) is 1. The maximum atomic E-state index is 9.06. The van der Waals surface area contributed by atoms with Gasteiger partial charge in [-0.25, -0.2) is 0 Å². The van der Waals surface area contributed by atoms with E-state index in [1.54, 1.807) is 18.2 Å². The highest BCUT2D eigenvalue weighted by Gasteiger charge is 2.20. The predicted molar refractivity (Wildman–Crippen MR) is 73.5 cm³/mol. The SMILES string of the molecule is CCN1CCOC(COc2cccc(Cl)c2C#N)C1. The molecule has 1 heterocycles. The Morgan fingerprint density at radius 3 is 3.16 bits per heavy atom. The van der Waals surface area contributed by atoms with E-state index in [1.165, 1.54) is 0 Å². The first kappa shape index (κ1) is 14.1. The summed E-state index contributed by atoms with van der Waals surface area (Å²) in [6.45, 7) is 6.13. The second-order valence-electron chi connectivity index (χ2n) is 4.42. The molecule has 1 aliphatic rings. The van der Waals surface area contributed by atoms with Crippen molar-refractivity contribution < 1.29 is 9.47 Å². The molecule has 4 nitrogen and oxygen atoms in total. The molecule has 1 saturated heterocycles. The lowest BCUT2D eigenvalue weighted by Gasteiger charge is -2.31. The van der Waals surface area contributed by atoms with Gasteiger partial charge < -0.3 is 9.47 Å². The van der Waals surface area contributed by atoms with Gasteiger partial charge in [-0.2, -0.15) is 5.26 Å². The number of benzene rings is 1. The largest absolute Gasteiger partial charge is 0.489 e. The summed E-state index contributed by atoms with van der Waals surface area (Å²) >= 11 is 5.95. The molecule has 0 aromatic heterocycles. The van der Waals surface area contributed by atoms with E-state index in [0.717, 1.165) is 26.2 Å². The highest BCUT2D eigenvalue weighted by Crippen LogP contribution is 2.25. The van der Waals surface area contributed by atoms with Gasteiger partial charge in [0, 0.05) is 13.1 Å². The van der Waals surface area contributed by atoms with Gasteiger partial charge in [0.05, 0.1) is 11.6 Å². The molecule has 1 atom stereocenters. The van der Waals surface area contributed by atoms with Crippen LogP contribution in [0.5, 0.6) is 5.75 Å². The monoisotopic (exact) mass is 280 g/mol. The Labute approximate surface area is 118 Å². The van der Waals surface area contributed by atoms with Crippen LogP contribution in [-0.2, 0) is 4.74 Å². The van der Waals surface area contributed by atoms with E-state index in [9.17, 15) is 0 Å². The summed E-state index contributed by atoms with van der Waals surface area (Å²) in [5, 5.41) is 9.48. The topological polar surface area (TPSA) is 45.5 Å². The van der Waals surface area contributed by atoms with Crippen molar-refractivity contribution in [2.45, 2.75) is 13.0 Å². The van der Waals surface area contributed by atoms with E-state index in [2.05, 4.69) is 17.9 Å². The van der Waals surface area contributed by atoms with Crippen LogP contribution in [0.25, 0.3) is 0 Å². The molecule has 0 spiro atoms. The number of morpholine rings is 1. The van der Waals surface area contributed by atoms with Crippen LogP contribution in [0.4, 0.5) is 0 Å². The summed E-state index contributed by atoms with van der Waals surface area (Å²) in [5.74, 6) is 0.521. The summed E-state index contributed by atoms with van der Waals surface area (Å²) in [6.07, 6.45) is 0.0409. The van der Waals surface area contributed by atoms with E-state index in [1.807, 2.05) is 0 Å². The van der Waals surface area contributed by atoms with E-state index in [4.69, 9.17) is 26.3 Å². The van der Waals surface area contributed by atoms with E-state index < -0.39 is 0 Å². The van der Waals surface area contributed by atoms with Crippen molar-refractivity contribution in [2.24, 2.45) is 0 Å². The van der Waals surface area contributed by atoms with Crippen molar-refractivity contribution in [1.82, 2.24) is 4.90 Å². The molecule has 0 amide bonds. The van der Waals surface area contributed by atoms with Gasteiger partial charge in [0.2, 0.25) is 0 Å². The van der Waals surface area contributed by atoms with Crippen LogP contribution in [0.2, 0.25) is 5.02 Å². The summed E-state index contributed by atoms with van der Waals surface area (Å²) in [5.41, 5.74) is 0.382. The third-order valence-electron chi connectivity index (χ3n) is 3.18. The van der Waals surface area contributed by atoms with Gasteiger partial charge in [-0.05, 0) is 18.7 Å². The van der Waals surface area contributed by atoms with Gasteiger partial charge in [-0.15, -0.1) is 0 Å². The first-order valence-corrected chi connectivity index (χ1v) is 6.77. The van der Waals surface area contributed by atoms with Gasteiger partial charge in [0.25, 0.3) is 0 Å². The fraction of sp³-hybridized carbons (Fsp3) is 0.500. The molecular weight excluding hydrogens is 264 g/mol. The Hall–Kier alpha value is -1.28. The standard InChI is InChI=1S/C14H17ClN2O2/c1-2-17-6-7-18-11(9-17)10-19-14-5-3-4-13(15)12(14)8-16/h3-5,11H,2,6-7,9-10H2,1H3. The fourth-order valence-electron chi connectivity index (χ4n) is 2.08. The highest BCUT2D eigenvalue weighted by atomic mass is 35.5. The second kappa shape index (κ2) is 6.76. The zero-order valence-corrected chi connectivity index (χ0v) is 11.7.